The van der Waals surface area contributed by atoms with Crippen LogP contribution in [0.25, 0.3) is 11.1 Å². The first-order chi connectivity index (χ1) is 42.8. The van der Waals surface area contributed by atoms with Gasteiger partial charge in [-0.3, -0.25) is 43.2 Å². The minimum Gasteiger partial charge on any atom is -0.448 e. The second-order valence-electron chi connectivity index (χ2n) is 22.3. The van der Waals surface area contributed by atoms with Crippen molar-refractivity contribution in [3.8, 4) is 11.1 Å². The summed E-state index contributed by atoms with van der Waals surface area (Å²) in [5, 5.41) is 47.9. The third-order valence-corrected chi connectivity index (χ3v) is 14.5. The highest BCUT2D eigenvalue weighted by molar-refractivity contribution is 5.98. The molecular formula is C60H89F2N15O13. The molecule has 0 spiro atoms. The number of benzene rings is 3. The molecule has 1 aliphatic rings. The summed E-state index contributed by atoms with van der Waals surface area (Å²) in [4.78, 5) is 140. The molecule has 12 atom stereocenters. The minimum absolute atomic E-state index is 0.0495. The lowest BCUT2D eigenvalue weighted by Gasteiger charge is -2.29. The molecule has 4 rings (SSSR count). The van der Waals surface area contributed by atoms with Gasteiger partial charge in [0.25, 0.3) is 5.91 Å². The number of nitrogens with two attached hydrogens (primary N) is 5. The Labute approximate surface area is 521 Å². The molecule has 28 nitrogen and oxygen atoms in total. The molecule has 0 bridgehead atoms. The molecule has 1 aliphatic heterocycles. The Hall–Kier alpha value is -8.10. The number of aliphatic hydroxyl groups is 2. The number of nitrogens with one attached hydrogen (secondary N) is 10. The molecule has 0 aromatic heterocycles. The average molecular weight is 1270 g/mol. The zero-order valence-electron chi connectivity index (χ0n) is 51.1. The fraction of sp³-hybridized carbons (Fsp3) is 0.533. The van der Waals surface area contributed by atoms with Crippen LogP contribution in [0, 0.1) is 17.6 Å². The van der Waals surface area contributed by atoms with Gasteiger partial charge in [-0.1, -0.05) is 74.5 Å². The Balaban J connectivity index is 1.67. The number of hydrogen-bond donors (Lipinski definition) is 17. The SMILES string of the molecule is CC(C)C[C@@H]1NC(=O)[C@@H](Cc2ccccc2)NC(=O)[C@H](CCN)NC[C@@H](NC(=O)[C@H](CCN)NC(=O)[C@@H](NC(=O)[C@H](CCN)OC(=O)c2c(F)cc(-c3ccccc3)cc2F)C(C)O)CCNC(=O)[C@H]([C@H](C)O)NC(=O)[C@H](CCN)NC(=O)[C@H](CCN)NC1=O. The molecule has 9 amide bonds. The molecule has 3 aromatic carbocycles. The van der Waals surface area contributed by atoms with E-state index in [0.717, 1.165) is 19.1 Å². The summed E-state index contributed by atoms with van der Waals surface area (Å²) in [6.07, 6.45) is -6.29. The van der Waals surface area contributed by atoms with Crippen LogP contribution in [-0.2, 0) is 54.3 Å². The topological polar surface area (TPSA) is 471 Å². The lowest BCUT2D eigenvalue weighted by atomic mass is 10.00. The highest BCUT2D eigenvalue weighted by Gasteiger charge is 2.37. The standard InChI is InChI=1S/C60H89F2N15O13/c1-32(2)27-45-55(84)72-43(17-23-65)53(82)71-44(18-24-66)54(83)76-49(33(3)78)58(87)68-26-20-38(31-69-41(15-21-63)51(80)75-46(56(85)74-45)28-35-11-7-5-8-12-35)70-52(81)42(16-22-64)73-59(88)50(34(4)79)77-57(86)47(19-25-67)90-60(89)48-39(61)29-37(30-40(48)62)36-13-9-6-10-14-36/h5-14,29-30,32-34,38,41-47,49-50,69,78-79H,15-28,31,63-67H2,1-4H3,(H,68,87)(H,70,81)(H,71,82)(H,72,84)(H,73,88)(H,74,85)(H,75,80)(H,76,83)(H,77,86)/t33-,34?,38-,41-,42-,43-,44-,45-,46+,47-,49-,50-/m0/s1. The zero-order chi connectivity index (χ0) is 66.6. The molecule has 22 N–H and O–H groups in total. The van der Waals surface area contributed by atoms with Gasteiger partial charge in [-0.2, -0.15) is 0 Å². The summed E-state index contributed by atoms with van der Waals surface area (Å²) in [7, 11) is 0. The number of amides is 9. The number of carbonyl (C=O) groups is 10. The van der Waals surface area contributed by atoms with Gasteiger partial charge in [0, 0.05) is 32.0 Å². The molecule has 496 valence electrons. The summed E-state index contributed by atoms with van der Waals surface area (Å²) in [6, 6.07) is 5.98. The second kappa shape index (κ2) is 37.8. The van der Waals surface area contributed by atoms with E-state index in [4.69, 9.17) is 33.4 Å². The van der Waals surface area contributed by atoms with Gasteiger partial charge < -0.3 is 96.8 Å². The van der Waals surface area contributed by atoms with Crippen molar-refractivity contribution in [3.05, 3.63) is 95.6 Å². The number of ether oxygens (including phenoxy) is 1. The number of hydrogen-bond acceptors (Lipinski definition) is 19. The van der Waals surface area contributed by atoms with Gasteiger partial charge in [0.2, 0.25) is 47.3 Å². The Morgan fingerprint density at radius 1 is 0.600 bits per heavy atom. The minimum atomic E-state index is -1.87. The lowest BCUT2D eigenvalue weighted by molar-refractivity contribution is -0.138. The van der Waals surface area contributed by atoms with Crippen molar-refractivity contribution >= 4 is 59.1 Å². The average Bonchev–Trinajstić information content (AvgIpc) is 1.23. The van der Waals surface area contributed by atoms with Crippen molar-refractivity contribution in [2.45, 2.75) is 152 Å². The van der Waals surface area contributed by atoms with Gasteiger partial charge in [0.05, 0.1) is 18.2 Å². The van der Waals surface area contributed by atoms with Crippen molar-refractivity contribution in [1.82, 2.24) is 53.2 Å². The number of aliphatic hydroxyl groups excluding tert-OH is 2. The van der Waals surface area contributed by atoms with E-state index >= 15 is 8.78 Å². The summed E-state index contributed by atoms with van der Waals surface area (Å²) in [6.45, 7) is 4.49. The highest BCUT2D eigenvalue weighted by atomic mass is 19.1. The smallest absolute Gasteiger partial charge is 0.344 e. The Morgan fingerprint density at radius 2 is 1.11 bits per heavy atom. The Kier molecular flexibility index (Phi) is 31.2. The first kappa shape index (κ1) is 74.4. The van der Waals surface area contributed by atoms with Crippen LogP contribution in [0.2, 0.25) is 0 Å². The number of halogens is 2. The van der Waals surface area contributed by atoms with Crippen molar-refractivity contribution < 1.29 is 71.7 Å². The number of esters is 1. The van der Waals surface area contributed by atoms with Crippen molar-refractivity contribution in [2.24, 2.45) is 34.6 Å². The Morgan fingerprint density at radius 3 is 1.66 bits per heavy atom. The number of carbonyl (C=O) groups excluding carboxylic acids is 10. The molecule has 0 saturated carbocycles. The molecule has 1 unspecified atom stereocenters. The lowest BCUT2D eigenvalue weighted by Crippen LogP contribution is -2.61. The van der Waals surface area contributed by atoms with Crippen molar-refractivity contribution in [1.29, 1.82) is 0 Å². The van der Waals surface area contributed by atoms with Gasteiger partial charge in [-0.15, -0.1) is 0 Å². The summed E-state index contributed by atoms with van der Waals surface area (Å²) >= 11 is 0. The van der Waals surface area contributed by atoms with Gasteiger partial charge >= 0.3 is 5.97 Å². The Bertz CT molecular complexity index is 2860. The normalized spacial score (nSPS) is 21.9. The van der Waals surface area contributed by atoms with Crippen LogP contribution in [0.5, 0.6) is 0 Å². The van der Waals surface area contributed by atoms with E-state index in [1.54, 1.807) is 74.5 Å². The van der Waals surface area contributed by atoms with E-state index in [0.29, 0.717) is 11.1 Å². The van der Waals surface area contributed by atoms with Gasteiger partial charge in [-0.05, 0) is 120 Å². The van der Waals surface area contributed by atoms with Gasteiger partial charge in [0.1, 0.15) is 59.5 Å². The molecule has 0 aliphatic carbocycles. The largest absolute Gasteiger partial charge is 0.448 e. The van der Waals surface area contributed by atoms with Gasteiger partial charge in [-0.25, -0.2) is 13.6 Å². The summed E-state index contributed by atoms with van der Waals surface area (Å²) in [5.41, 5.74) is 29.4. The highest BCUT2D eigenvalue weighted by Crippen LogP contribution is 2.26. The van der Waals surface area contributed by atoms with Crippen LogP contribution < -0.4 is 81.8 Å². The quantitative estimate of drug-likeness (QED) is 0.0363. The molecule has 90 heavy (non-hydrogen) atoms. The first-order valence-corrected chi connectivity index (χ1v) is 30.0. The van der Waals surface area contributed by atoms with Crippen LogP contribution >= 0.6 is 0 Å². The van der Waals surface area contributed by atoms with Crippen LogP contribution in [0.1, 0.15) is 88.6 Å². The fourth-order valence-corrected chi connectivity index (χ4v) is 9.66. The van der Waals surface area contributed by atoms with E-state index in [1.807, 2.05) is 0 Å². The molecule has 1 heterocycles. The van der Waals surface area contributed by atoms with E-state index in [2.05, 4.69) is 53.2 Å². The van der Waals surface area contributed by atoms with Crippen LogP contribution in [0.15, 0.2) is 72.8 Å². The molecule has 0 radical (unpaired) electrons. The molecule has 1 saturated heterocycles. The third-order valence-electron chi connectivity index (χ3n) is 14.5. The maximum absolute atomic E-state index is 15.4. The monoisotopic (exact) mass is 1270 g/mol. The van der Waals surface area contributed by atoms with Crippen LogP contribution in [0.4, 0.5) is 8.78 Å². The maximum Gasteiger partial charge on any atom is 0.344 e. The zero-order valence-corrected chi connectivity index (χ0v) is 51.1. The van der Waals surface area contributed by atoms with E-state index in [-0.39, 0.29) is 102 Å². The van der Waals surface area contributed by atoms with E-state index in [9.17, 15) is 58.2 Å². The number of rotatable bonds is 25. The molecule has 3 aromatic rings. The fourth-order valence-electron chi connectivity index (χ4n) is 9.66. The first-order valence-electron chi connectivity index (χ1n) is 30.0. The van der Waals surface area contributed by atoms with E-state index in [1.165, 1.54) is 6.92 Å². The van der Waals surface area contributed by atoms with Crippen molar-refractivity contribution in [2.75, 3.05) is 45.8 Å². The maximum atomic E-state index is 15.4. The summed E-state index contributed by atoms with van der Waals surface area (Å²) < 4.78 is 36.0. The third kappa shape index (κ3) is 23.4. The van der Waals surface area contributed by atoms with E-state index < -0.39 is 155 Å². The second-order valence-corrected chi connectivity index (χ2v) is 22.3. The van der Waals surface area contributed by atoms with Crippen LogP contribution in [0.3, 0.4) is 0 Å². The van der Waals surface area contributed by atoms with Crippen LogP contribution in [-0.4, -0.2) is 188 Å². The van der Waals surface area contributed by atoms with Gasteiger partial charge in [0.15, 0.2) is 6.10 Å². The summed E-state index contributed by atoms with van der Waals surface area (Å²) in [5.74, 6) is -12.7. The molecular weight excluding hydrogens is 1180 g/mol. The molecule has 1 fully saturated rings. The molecule has 30 heteroatoms. The van der Waals surface area contributed by atoms with Crippen molar-refractivity contribution in [3.63, 3.8) is 0 Å². The predicted molar refractivity (Wildman–Crippen MR) is 327 cm³/mol. The predicted octanol–water partition coefficient (Wildman–Crippen LogP) is -3.69.